The number of methoxy groups -OCH3 is 1. The number of carbonyl (C=O) groups is 2. The first-order valence-electron chi connectivity index (χ1n) is 9.08. The average Bonchev–Trinajstić information content (AvgIpc) is 2.63. The molecule has 0 aliphatic heterocycles. The van der Waals surface area contributed by atoms with Gasteiger partial charge in [-0.15, -0.1) is 0 Å². The minimum atomic E-state index is -0.374. The summed E-state index contributed by atoms with van der Waals surface area (Å²) in [5.41, 5.74) is 0. The molecule has 0 saturated heterocycles. The SMILES string of the molecule is CCOc1ccc(OCC(=O)N(CCC(C)C)CC(C)C(=O)OC)cc1. The van der Waals surface area contributed by atoms with Crippen LogP contribution in [0.5, 0.6) is 11.5 Å². The first-order valence-corrected chi connectivity index (χ1v) is 9.08. The summed E-state index contributed by atoms with van der Waals surface area (Å²) >= 11 is 0. The Hall–Kier alpha value is -2.24. The second kappa shape index (κ2) is 11.4. The summed E-state index contributed by atoms with van der Waals surface area (Å²) < 4.78 is 15.7. The Labute approximate surface area is 156 Å². The van der Waals surface area contributed by atoms with Crippen LogP contribution in [-0.4, -0.2) is 50.2 Å². The van der Waals surface area contributed by atoms with Gasteiger partial charge < -0.3 is 19.1 Å². The molecule has 0 saturated carbocycles. The molecule has 6 nitrogen and oxygen atoms in total. The molecule has 1 aromatic carbocycles. The zero-order valence-electron chi connectivity index (χ0n) is 16.5. The predicted octanol–water partition coefficient (Wildman–Crippen LogP) is 3.15. The van der Waals surface area contributed by atoms with Gasteiger partial charge in [0.2, 0.25) is 0 Å². The number of carbonyl (C=O) groups excluding carboxylic acids is 2. The molecule has 0 radical (unpaired) electrons. The Balaban J connectivity index is 2.63. The number of esters is 1. The second-order valence-corrected chi connectivity index (χ2v) is 6.64. The largest absolute Gasteiger partial charge is 0.494 e. The normalized spacial score (nSPS) is 11.8. The quantitative estimate of drug-likeness (QED) is 0.564. The highest BCUT2D eigenvalue weighted by atomic mass is 16.5. The molecule has 1 aromatic rings. The molecule has 1 rings (SSSR count). The molecular weight excluding hydrogens is 334 g/mol. The smallest absolute Gasteiger partial charge is 0.310 e. The zero-order valence-corrected chi connectivity index (χ0v) is 16.5. The molecule has 6 heteroatoms. The van der Waals surface area contributed by atoms with E-state index in [-0.39, 0.29) is 24.4 Å². The van der Waals surface area contributed by atoms with Crippen molar-refractivity contribution < 1.29 is 23.8 Å². The van der Waals surface area contributed by atoms with E-state index in [4.69, 9.17) is 14.2 Å². The fourth-order valence-corrected chi connectivity index (χ4v) is 2.37. The van der Waals surface area contributed by atoms with Crippen LogP contribution >= 0.6 is 0 Å². The van der Waals surface area contributed by atoms with Crippen molar-refractivity contribution in [3.8, 4) is 11.5 Å². The van der Waals surface area contributed by atoms with Gasteiger partial charge in [-0.3, -0.25) is 9.59 Å². The maximum absolute atomic E-state index is 12.6. The lowest BCUT2D eigenvalue weighted by Crippen LogP contribution is -2.40. The third-order valence-electron chi connectivity index (χ3n) is 3.92. The van der Waals surface area contributed by atoms with Gasteiger partial charge in [0, 0.05) is 13.1 Å². The summed E-state index contributed by atoms with van der Waals surface area (Å²) in [7, 11) is 1.36. The molecule has 1 amide bonds. The van der Waals surface area contributed by atoms with E-state index in [1.165, 1.54) is 7.11 Å². The summed E-state index contributed by atoms with van der Waals surface area (Å²) in [6.07, 6.45) is 0.864. The van der Waals surface area contributed by atoms with Crippen molar-refractivity contribution >= 4 is 11.9 Å². The van der Waals surface area contributed by atoms with Crippen LogP contribution in [0.2, 0.25) is 0 Å². The lowest BCUT2D eigenvalue weighted by molar-refractivity contribution is -0.146. The molecule has 0 bridgehead atoms. The minimum absolute atomic E-state index is 0.0695. The van der Waals surface area contributed by atoms with Crippen LogP contribution in [-0.2, 0) is 14.3 Å². The maximum atomic E-state index is 12.6. The predicted molar refractivity (Wildman–Crippen MR) is 100 cm³/mol. The van der Waals surface area contributed by atoms with E-state index < -0.39 is 0 Å². The number of amides is 1. The van der Waals surface area contributed by atoms with Gasteiger partial charge >= 0.3 is 5.97 Å². The van der Waals surface area contributed by atoms with Crippen LogP contribution < -0.4 is 9.47 Å². The highest BCUT2D eigenvalue weighted by Gasteiger charge is 2.22. The van der Waals surface area contributed by atoms with Crippen molar-refractivity contribution in [2.75, 3.05) is 33.4 Å². The average molecular weight is 365 g/mol. The van der Waals surface area contributed by atoms with Crippen LogP contribution in [0, 0.1) is 11.8 Å². The summed E-state index contributed by atoms with van der Waals surface area (Å²) in [5.74, 6) is 0.991. The maximum Gasteiger partial charge on any atom is 0.310 e. The molecular formula is C20H31NO5. The lowest BCUT2D eigenvalue weighted by Gasteiger charge is -2.26. The third-order valence-corrected chi connectivity index (χ3v) is 3.92. The van der Waals surface area contributed by atoms with Crippen LogP contribution in [0.3, 0.4) is 0 Å². The van der Waals surface area contributed by atoms with E-state index >= 15 is 0 Å². The molecule has 0 N–H and O–H groups in total. The van der Waals surface area contributed by atoms with Crippen molar-refractivity contribution in [1.82, 2.24) is 4.90 Å². The molecule has 1 atom stereocenters. The van der Waals surface area contributed by atoms with Gasteiger partial charge in [-0.05, 0) is 43.5 Å². The Bertz CT molecular complexity index is 556. The Morgan fingerprint density at radius 1 is 1.04 bits per heavy atom. The molecule has 0 heterocycles. The van der Waals surface area contributed by atoms with Gasteiger partial charge in [-0.2, -0.15) is 0 Å². The third kappa shape index (κ3) is 7.76. The van der Waals surface area contributed by atoms with Gasteiger partial charge in [-0.1, -0.05) is 20.8 Å². The Morgan fingerprint density at radius 3 is 2.12 bits per heavy atom. The molecule has 1 unspecified atom stereocenters. The molecule has 0 aliphatic carbocycles. The zero-order chi connectivity index (χ0) is 19.5. The van der Waals surface area contributed by atoms with E-state index in [1.54, 1.807) is 36.1 Å². The first-order chi connectivity index (χ1) is 12.4. The Kier molecular flexibility index (Phi) is 9.55. The second-order valence-electron chi connectivity index (χ2n) is 6.64. The molecule has 146 valence electrons. The standard InChI is InChI=1S/C20H31NO5/c1-6-25-17-7-9-18(10-8-17)26-14-19(22)21(12-11-15(2)3)13-16(4)20(23)24-5/h7-10,15-16H,6,11-14H2,1-5H3. The van der Waals surface area contributed by atoms with E-state index in [1.807, 2.05) is 6.92 Å². The summed E-state index contributed by atoms with van der Waals surface area (Å²) in [4.78, 5) is 25.9. The van der Waals surface area contributed by atoms with Crippen molar-refractivity contribution in [3.63, 3.8) is 0 Å². The number of hydrogen-bond acceptors (Lipinski definition) is 5. The van der Waals surface area contributed by atoms with Crippen molar-refractivity contribution in [2.45, 2.75) is 34.1 Å². The van der Waals surface area contributed by atoms with Crippen LogP contribution in [0.15, 0.2) is 24.3 Å². The fraction of sp³-hybridized carbons (Fsp3) is 0.600. The van der Waals surface area contributed by atoms with E-state index in [2.05, 4.69) is 13.8 Å². The van der Waals surface area contributed by atoms with Gasteiger partial charge in [0.15, 0.2) is 6.61 Å². The fourth-order valence-electron chi connectivity index (χ4n) is 2.37. The Morgan fingerprint density at radius 2 is 1.62 bits per heavy atom. The number of hydrogen-bond donors (Lipinski definition) is 0. The number of benzene rings is 1. The first kappa shape index (κ1) is 21.8. The van der Waals surface area contributed by atoms with E-state index in [0.29, 0.717) is 31.4 Å². The van der Waals surface area contributed by atoms with Gasteiger partial charge in [0.1, 0.15) is 11.5 Å². The molecule has 0 aliphatic rings. The number of rotatable bonds is 11. The topological polar surface area (TPSA) is 65.1 Å². The molecule has 26 heavy (non-hydrogen) atoms. The highest BCUT2D eigenvalue weighted by molar-refractivity contribution is 5.79. The minimum Gasteiger partial charge on any atom is -0.494 e. The molecule has 0 spiro atoms. The highest BCUT2D eigenvalue weighted by Crippen LogP contribution is 2.17. The summed E-state index contributed by atoms with van der Waals surface area (Å²) in [5, 5.41) is 0. The number of nitrogens with zero attached hydrogens (tertiary/aromatic N) is 1. The molecule has 0 fully saturated rings. The van der Waals surface area contributed by atoms with Crippen molar-refractivity contribution in [1.29, 1.82) is 0 Å². The van der Waals surface area contributed by atoms with Crippen LogP contribution in [0.1, 0.15) is 34.1 Å². The van der Waals surface area contributed by atoms with E-state index in [9.17, 15) is 9.59 Å². The molecule has 0 aromatic heterocycles. The van der Waals surface area contributed by atoms with Crippen molar-refractivity contribution in [3.05, 3.63) is 24.3 Å². The summed E-state index contributed by atoms with van der Waals surface area (Å²) in [6, 6.07) is 7.15. The van der Waals surface area contributed by atoms with Gasteiger partial charge in [0.05, 0.1) is 19.6 Å². The monoisotopic (exact) mass is 365 g/mol. The van der Waals surface area contributed by atoms with Crippen LogP contribution in [0.25, 0.3) is 0 Å². The van der Waals surface area contributed by atoms with Crippen molar-refractivity contribution in [2.24, 2.45) is 11.8 Å². The summed E-state index contributed by atoms with van der Waals surface area (Å²) in [6.45, 7) is 9.32. The van der Waals surface area contributed by atoms with Gasteiger partial charge in [0.25, 0.3) is 5.91 Å². The number of ether oxygens (including phenoxy) is 3. The van der Waals surface area contributed by atoms with E-state index in [0.717, 1.165) is 12.2 Å². The van der Waals surface area contributed by atoms with Crippen LogP contribution in [0.4, 0.5) is 0 Å². The lowest BCUT2D eigenvalue weighted by atomic mass is 10.1. The van der Waals surface area contributed by atoms with Gasteiger partial charge in [-0.25, -0.2) is 0 Å².